The van der Waals surface area contributed by atoms with Crippen LogP contribution in [0.3, 0.4) is 0 Å². The number of nitrogens with zero attached hydrogens (tertiary/aromatic N) is 1. The van der Waals surface area contributed by atoms with Crippen LogP contribution in [0.5, 0.6) is 11.5 Å². The van der Waals surface area contributed by atoms with E-state index in [1.807, 2.05) is 12.1 Å². The number of rotatable bonds is 4. The number of anilines is 1. The topological polar surface area (TPSA) is 67.9 Å². The summed E-state index contributed by atoms with van der Waals surface area (Å²) in [4.78, 5) is 26.1. The third-order valence-electron chi connectivity index (χ3n) is 4.43. The fourth-order valence-electron chi connectivity index (χ4n) is 3.11. The van der Waals surface area contributed by atoms with Gasteiger partial charge >= 0.3 is 0 Å². The lowest BCUT2D eigenvalue weighted by Gasteiger charge is -2.17. The Morgan fingerprint density at radius 1 is 1.15 bits per heavy atom. The Labute approximate surface area is 161 Å². The fraction of sp³-hybridized carbons (Fsp3) is 0.200. The molecule has 2 heterocycles. The molecule has 1 N–H and O–H groups in total. The third-order valence-corrected chi connectivity index (χ3v) is 4.69. The molecule has 4 rings (SSSR count). The summed E-state index contributed by atoms with van der Waals surface area (Å²) in [6.07, 6.45) is 3.42. The lowest BCUT2D eigenvalue weighted by Crippen LogP contribution is -2.36. The van der Waals surface area contributed by atoms with Crippen molar-refractivity contribution in [3.8, 4) is 11.5 Å². The Bertz CT molecular complexity index is 911. The number of hydrogen-bond donors (Lipinski definition) is 1. The number of hydrogen-bond acceptors (Lipinski definition) is 4. The van der Waals surface area contributed by atoms with Gasteiger partial charge in [0.05, 0.1) is 6.04 Å². The molecule has 0 aliphatic carbocycles. The number of amides is 2. The first-order valence-corrected chi connectivity index (χ1v) is 8.90. The van der Waals surface area contributed by atoms with Crippen molar-refractivity contribution >= 4 is 35.2 Å². The second-order valence-electron chi connectivity index (χ2n) is 6.34. The van der Waals surface area contributed by atoms with Gasteiger partial charge in [-0.05, 0) is 48.0 Å². The SMILES string of the molecule is O=C(/C=C\c1ccc2c(c1)OCO2)N[C@H]1CC(=O)N(c2ccc(Cl)cc2)C1. The van der Waals surface area contributed by atoms with Gasteiger partial charge in [-0.25, -0.2) is 0 Å². The molecule has 27 heavy (non-hydrogen) atoms. The van der Waals surface area contributed by atoms with E-state index in [0.29, 0.717) is 23.1 Å². The van der Waals surface area contributed by atoms with Crippen molar-refractivity contribution in [2.45, 2.75) is 12.5 Å². The Morgan fingerprint density at radius 3 is 2.74 bits per heavy atom. The maximum Gasteiger partial charge on any atom is 0.244 e. The van der Waals surface area contributed by atoms with E-state index in [1.54, 1.807) is 41.3 Å². The van der Waals surface area contributed by atoms with Crippen LogP contribution >= 0.6 is 11.6 Å². The van der Waals surface area contributed by atoms with Gasteiger partial charge in [-0.2, -0.15) is 0 Å². The van der Waals surface area contributed by atoms with Crippen LogP contribution in [0, 0.1) is 0 Å². The van der Waals surface area contributed by atoms with Crippen molar-refractivity contribution in [1.82, 2.24) is 5.32 Å². The molecule has 6 nitrogen and oxygen atoms in total. The second-order valence-corrected chi connectivity index (χ2v) is 6.77. The highest BCUT2D eigenvalue weighted by molar-refractivity contribution is 6.30. The van der Waals surface area contributed by atoms with Crippen LogP contribution in [0.15, 0.2) is 48.5 Å². The molecule has 2 aliphatic heterocycles. The number of carbonyl (C=O) groups excluding carboxylic acids is 2. The normalized spacial score (nSPS) is 18.3. The maximum atomic E-state index is 12.2. The van der Waals surface area contributed by atoms with E-state index in [2.05, 4.69) is 5.32 Å². The summed E-state index contributed by atoms with van der Waals surface area (Å²) in [5, 5.41) is 3.49. The van der Waals surface area contributed by atoms with E-state index < -0.39 is 0 Å². The van der Waals surface area contributed by atoms with Crippen LogP contribution in [-0.4, -0.2) is 31.2 Å². The molecule has 0 bridgehead atoms. The van der Waals surface area contributed by atoms with Crippen molar-refractivity contribution in [1.29, 1.82) is 0 Å². The van der Waals surface area contributed by atoms with Gasteiger partial charge in [-0.1, -0.05) is 17.7 Å². The van der Waals surface area contributed by atoms with Crippen LogP contribution in [0.4, 0.5) is 5.69 Å². The molecule has 0 spiro atoms. The van der Waals surface area contributed by atoms with Crippen LogP contribution in [0.2, 0.25) is 5.02 Å². The molecule has 138 valence electrons. The lowest BCUT2D eigenvalue weighted by atomic mass is 10.2. The summed E-state index contributed by atoms with van der Waals surface area (Å²) >= 11 is 5.89. The first kappa shape index (κ1) is 17.4. The first-order valence-electron chi connectivity index (χ1n) is 8.53. The number of halogens is 1. The minimum absolute atomic E-state index is 0.0256. The summed E-state index contributed by atoms with van der Waals surface area (Å²) in [7, 11) is 0. The predicted molar refractivity (Wildman–Crippen MR) is 102 cm³/mol. The zero-order valence-corrected chi connectivity index (χ0v) is 15.1. The fourth-order valence-corrected chi connectivity index (χ4v) is 3.24. The summed E-state index contributed by atoms with van der Waals surface area (Å²) in [6.45, 7) is 0.646. The summed E-state index contributed by atoms with van der Waals surface area (Å²) in [5.74, 6) is 1.09. The van der Waals surface area contributed by atoms with E-state index in [9.17, 15) is 9.59 Å². The molecule has 2 aliphatic rings. The molecule has 1 fully saturated rings. The summed E-state index contributed by atoms with van der Waals surface area (Å²) < 4.78 is 10.6. The highest BCUT2D eigenvalue weighted by Gasteiger charge is 2.31. The van der Waals surface area contributed by atoms with Crippen molar-refractivity contribution in [2.75, 3.05) is 18.2 Å². The summed E-state index contributed by atoms with van der Waals surface area (Å²) in [6, 6.07) is 12.3. The molecule has 2 aromatic rings. The molecule has 7 heteroatoms. The highest BCUT2D eigenvalue weighted by atomic mass is 35.5. The number of fused-ring (bicyclic) bond motifs is 1. The molecule has 0 saturated carbocycles. The number of benzene rings is 2. The van der Waals surface area contributed by atoms with Gasteiger partial charge in [0.25, 0.3) is 0 Å². The van der Waals surface area contributed by atoms with Crippen molar-refractivity contribution in [3.63, 3.8) is 0 Å². The number of nitrogens with one attached hydrogen (secondary N) is 1. The highest BCUT2D eigenvalue weighted by Crippen LogP contribution is 2.32. The van der Waals surface area contributed by atoms with Gasteiger partial charge in [-0.15, -0.1) is 0 Å². The van der Waals surface area contributed by atoms with Gasteiger partial charge in [0.1, 0.15) is 0 Å². The minimum atomic E-state index is -0.247. The molecule has 0 unspecified atom stereocenters. The minimum Gasteiger partial charge on any atom is -0.454 e. The molecule has 0 aromatic heterocycles. The van der Waals surface area contributed by atoms with Crippen LogP contribution in [-0.2, 0) is 9.59 Å². The van der Waals surface area contributed by atoms with Gasteiger partial charge < -0.3 is 19.7 Å². The van der Waals surface area contributed by atoms with Gasteiger partial charge in [0.2, 0.25) is 18.6 Å². The molecular weight excluding hydrogens is 368 g/mol. The smallest absolute Gasteiger partial charge is 0.244 e. The molecule has 2 aromatic carbocycles. The molecule has 1 saturated heterocycles. The quantitative estimate of drug-likeness (QED) is 0.823. The van der Waals surface area contributed by atoms with Gasteiger partial charge in [0, 0.05) is 29.8 Å². The van der Waals surface area contributed by atoms with Crippen LogP contribution in [0.1, 0.15) is 12.0 Å². The Balaban J connectivity index is 1.36. The largest absolute Gasteiger partial charge is 0.454 e. The molecule has 1 atom stereocenters. The zero-order chi connectivity index (χ0) is 18.8. The number of carbonyl (C=O) groups is 2. The van der Waals surface area contributed by atoms with E-state index in [1.165, 1.54) is 6.08 Å². The zero-order valence-electron chi connectivity index (χ0n) is 14.4. The molecule has 0 radical (unpaired) electrons. The van der Waals surface area contributed by atoms with E-state index >= 15 is 0 Å². The van der Waals surface area contributed by atoms with E-state index in [-0.39, 0.29) is 31.1 Å². The first-order chi connectivity index (χ1) is 13.1. The van der Waals surface area contributed by atoms with Crippen LogP contribution < -0.4 is 19.7 Å². The number of ether oxygens (including phenoxy) is 2. The Morgan fingerprint density at radius 2 is 1.93 bits per heavy atom. The average Bonchev–Trinajstić information content (AvgIpc) is 3.26. The van der Waals surface area contributed by atoms with Crippen molar-refractivity contribution in [3.05, 3.63) is 59.1 Å². The maximum absolute atomic E-state index is 12.2. The predicted octanol–water partition coefficient (Wildman–Crippen LogP) is 3.00. The average molecular weight is 385 g/mol. The van der Waals surface area contributed by atoms with Crippen LogP contribution in [0.25, 0.3) is 6.08 Å². The second kappa shape index (κ2) is 7.32. The van der Waals surface area contributed by atoms with E-state index in [0.717, 1.165) is 11.3 Å². The Kier molecular flexibility index (Phi) is 4.73. The molecular formula is C20H17ClN2O4. The van der Waals surface area contributed by atoms with Crippen molar-refractivity contribution in [2.24, 2.45) is 0 Å². The lowest BCUT2D eigenvalue weighted by molar-refractivity contribution is -0.117. The van der Waals surface area contributed by atoms with Crippen molar-refractivity contribution < 1.29 is 19.1 Å². The molecule has 2 amide bonds. The van der Waals surface area contributed by atoms with Gasteiger partial charge in [-0.3, -0.25) is 9.59 Å². The van der Waals surface area contributed by atoms with Gasteiger partial charge in [0.15, 0.2) is 11.5 Å². The van der Waals surface area contributed by atoms with E-state index in [4.69, 9.17) is 21.1 Å². The third kappa shape index (κ3) is 3.90. The summed E-state index contributed by atoms with van der Waals surface area (Å²) in [5.41, 5.74) is 1.61. The monoisotopic (exact) mass is 384 g/mol. The standard InChI is InChI=1S/C20H17ClN2O4/c21-14-3-5-16(6-4-14)23-11-15(10-20(23)25)22-19(24)8-2-13-1-7-17-18(9-13)27-12-26-17/h1-9,15H,10-12H2,(H,22,24)/b8-2-/t15-/m0/s1. The Hall–Kier alpha value is -2.99.